The minimum atomic E-state index is -3.13. The first-order valence-electron chi connectivity index (χ1n) is 7.20. The predicted molar refractivity (Wildman–Crippen MR) is 80.8 cm³/mol. The van der Waals surface area contributed by atoms with Gasteiger partial charge in [0.1, 0.15) is 0 Å². The van der Waals surface area contributed by atoms with Crippen LogP contribution in [0.3, 0.4) is 0 Å². The van der Waals surface area contributed by atoms with Crippen molar-refractivity contribution in [1.29, 1.82) is 0 Å². The second-order valence-corrected chi connectivity index (χ2v) is 7.90. The Morgan fingerprint density at radius 2 is 2.05 bits per heavy atom. The fourth-order valence-electron chi connectivity index (χ4n) is 3.11. The van der Waals surface area contributed by atoms with E-state index in [-0.39, 0.29) is 11.7 Å². The Labute approximate surface area is 126 Å². The second kappa shape index (κ2) is 5.88. The fourth-order valence-corrected chi connectivity index (χ4v) is 4.05. The zero-order chi connectivity index (χ0) is 15.8. The smallest absolute Gasteiger partial charge is 0.211 e. The number of piperidine rings is 1. The van der Waals surface area contributed by atoms with E-state index in [1.807, 2.05) is 18.5 Å². The Morgan fingerprint density at radius 1 is 1.38 bits per heavy atom. The molecule has 1 aliphatic rings. The maximum Gasteiger partial charge on any atom is 0.211 e. The summed E-state index contributed by atoms with van der Waals surface area (Å²) >= 11 is 0. The zero-order valence-corrected chi connectivity index (χ0v) is 13.9. The van der Waals surface area contributed by atoms with Crippen molar-refractivity contribution >= 4 is 15.8 Å². The van der Waals surface area contributed by atoms with Crippen LogP contribution in [-0.4, -0.2) is 47.6 Å². The lowest BCUT2D eigenvalue weighted by atomic mass is 9.99. The first kappa shape index (κ1) is 16.2. The summed E-state index contributed by atoms with van der Waals surface area (Å²) in [5, 5.41) is 4.44. The molecule has 6 nitrogen and oxygen atoms in total. The molecule has 0 bridgehead atoms. The predicted octanol–water partition coefficient (Wildman–Crippen LogP) is 1.37. The maximum absolute atomic E-state index is 11.7. The molecular formula is C14H23N3O3S. The lowest BCUT2D eigenvalue weighted by Crippen LogP contribution is -2.40. The summed E-state index contributed by atoms with van der Waals surface area (Å²) in [5.41, 5.74) is 2.30. The van der Waals surface area contributed by atoms with Crippen LogP contribution in [0.1, 0.15) is 41.5 Å². The standard InChI is InChI=1S/C14H23N3O3S/c1-10-14(12(3)18)11(2)17(15-10)9-13-6-5-7-16(8-13)21(4,19)20/h13H,5-9H2,1-4H3. The van der Waals surface area contributed by atoms with E-state index in [0.717, 1.165) is 24.2 Å². The summed E-state index contributed by atoms with van der Waals surface area (Å²) in [5.74, 6) is 0.268. The highest BCUT2D eigenvalue weighted by Crippen LogP contribution is 2.22. The fraction of sp³-hybridized carbons (Fsp3) is 0.714. The van der Waals surface area contributed by atoms with Crippen LogP contribution in [-0.2, 0) is 16.6 Å². The Morgan fingerprint density at radius 3 is 2.57 bits per heavy atom. The Hall–Kier alpha value is -1.21. The number of aryl methyl sites for hydroxylation is 1. The van der Waals surface area contributed by atoms with Crippen LogP contribution in [0.4, 0.5) is 0 Å². The highest BCUT2D eigenvalue weighted by atomic mass is 32.2. The van der Waals surface area contributed by atoms with Gasteiger partial charge < -0.3 is 0 Å². The lowest BCUT2D eigenvalue weighted by molar-refractivity contribution is 0.101. The summed E-state index contributed by atoms with van der Waals surface area (Å²) in [7, 11) is -3.13. The van der Waals surface area contributed by atoms with Crippen molar-refractivity contribution in [3.8, 4) is 0 Å². The Bertz CT molecular complexity index is 649. The molecule has 0 aliphatic carbocycles. The number of hydrogen-bond donors (Lipinski definition) is 0. The summed E-state index contributed by atoms with van der Waals surface area (Å²) in [6.07, 6.45) is 3.11. The maximum atomic E-state index is 11.7. The molecule has 1 aromatic rings. The van der Waals surface area contributed by atoms with Crippen molar-refractivity contribution in [3.05, 3.63) is 17.0 Å². The molecule has 7 heteroatoms. The molecule has 0 spiro atoms. The topological polar surface area (TPSA) is 72.3 Å². The van der Waals surface area contributed by atoms with E-state index in [9.17, 15) is 13.2 Å². The van der Waals surface area contributed by atoms with Crippen LogP contribution in [0.5, 0.6) is 0 Å². The van der Waals surface area contributed by atoms with Crippen LogP contribution in [0.2, 0.25) is 0 Å². The average Bonchev–Trinajstić information content (AvgIpc) is 2.63. The van der Waals surface area contributed by atoms with Gasteiger partial charge in [-0.25, -0.2) is 12.7 Å². The first-order chi connectivity index (χ1) is 9.70. The zero-order valence-electron chi connectivity index (χ0n) is 13.1. The Balaban J connectivity index is 2.15. The molecule has 2 heterocycles. The van der Waals surface area contributed by atoms with Crippen molar-refractivity contribution in [3.63, 3.8) is 0 Å². The van der Waals surface area contributed by atoms with E-state index in [1.54, 1.807) is 11.2 Å². The molecule has 0 amide bonds. The molecule has 2 rings (SSSR count). The molecule has 1 unspecified atom stereocenters. The van der Waals surface area contributed by atoms with Crippen molar-refractivity contribution in [1.82, 2.24) is 14.1 Å². The van der Waals surface area contributed by atoms with E-state index in [0.29, 0.717) is 25.2 Å². The van der Waals surface area contributed by atoms with Crippen molar-refractivity contribution in [2.24, 2.45) is 5.92 Å². The molecule has 0 saturated carbocycles. The van der Waals surface area contributed by atoms with E-state index in [1.165, 1.54) is 6.26 Å². The average molecular weight is 313 g/mol. The third kappa shape index (κ3) is 3.52. The van der Waals surface area contributed by atoms with Gasteiger partial charge in [-0.3, -0.25) is 9.48 Å². The monoisotopic (exact) mass is 313 g/mol. The molecule has 1 atom stereocenters. The Kier molecular flexibility index (Phi) is 4.53. The molecule has 0 radical (unpaired) electrons. The van der Waals surface area contributed by atoms with Crippen molar-refractivity contribution in [2.45, 2.75) is 40.2 Å². The molecule has 1 fully saturated rings. The van der Waals surface area contributed by atoms with Gasteiger partial charge in [-0.15, -0.1) is 0 Å². The van der Waals surface area contributed by atoms with Crippen LogP contribution in [0.15, 0.2) is 0 Å². The summed E-state index contributed by atoms with van der Waals surface area (Å²) < 4.78 is 26.7. The lowest BCUT2D eigenvalue weighted by Gasteiger charge is -2.31. The van der Waals surface area contributed by atoms with Gasteiger partial charge in [0.25, 0.3) is 0 Å². The number of hydrogen-bond acceptors (Lipinski definition) is 4. The molecular weight excluding hydrogens is 290 g/mol. The number of rotatable bonds is 4. The van der Waals surface area contributed by atoms with Gasteiger partial charge in [0.05, 0.1) is 17.5 Å². The molecule has 0 aromatic carbocycles. The first-order valence-corrected chi connectivity index (χ1v) is 9.05. The number of sulfonamides is 1. The van der Waals surface area contributed by atoms with E-state index in [2.05, 4.69) is 5.10 Å². The molecule has 1 aliphatic heterocycles. The van der Waals surface area contributed by atoms with E-state index in [4.69, 9.17) is 0 Å². The van der Waals surface area contributed by atoms with Gasteiger partial charge >= 0.3 is 0 Å². The number of Topliss-reactive ketones (excluding diaryl/α,β-unsaturated/α-hetero) is 1. The second-order valence-electron chi connectivity index (χ2n) is 5.91. The SMILES string of the molecule is CC(=O)c1c(C)nn(CC2CCCN(S(C)(=O)=O)C2)c1C. The molecule has 1 saturated heterocycles. The largest absolute Gasteiger partial charge is 0.294 e. The van der Waals surface area contributed by atoms with Crippen LogP contribution >= 0.6 is 0 Å². The van der Waals surface area contributed by atoms with Gasteiger partial charge in [0.2, 0.25) is 10.0 Å². The van der Waals surface area contributed by atoms with Gasteiger partial charge in [-0.05, 0) is 39.5 Å². The van der Waals surface area contributed by atoms with Crippen LogP contribution in [0.25, 0.3) is 0 Å². The van der Waals surface area contributed by atoms with Gasteiger partial charge in [0.15, 0.2) is 5.78 Å². The minimum absolute atomic E-state index is 0.0256. The third-order valence-corrected chi connectivity index (χ3v) is 5.39. The highest BCUT2D eigenvalue weighted by molar-refractivity contribution is 7.88. The van der Waals surface area contributed by atoms with Crippen LogP contribution in [0, 0.1) is 19.8 Å². The van der Waals surface area contributed by atoms with E-state index >= 15 is 0 Å². The van der Waals surface area contributed by atoms with E-state index < -0.39 is 10.0 Å². The molecule has 21 heavy (non-hydrogen) atoms. The van der Waals surface area contributed by atoms with Gasteiger partial charge in [-0.1, -0.05) is 0 Å². The highest BCUT2D eigenvalue weighted by Gasteiger charge is 2.27. The summed E-state index contributed by atoms with van der Waals surface area (Å²) in [4.78, 5) is 11.6. The third-order valence-electron chi connectivity index (χ3n) is 4.12. The molecule has 118 valence electrons. The van der Waals surface area contributed by atoms with Crippen molar-refractivity contribution < 1.29 is 13.2 Å². The van der Waals surface area contributed by atoms with Gasteiger partial charge in [-0.2, -0.15) is 5.10 Å². The number of carbonyl (C=O) groups excluding carboxylic acids is 1. The number of carbonyl (C=O) groups is 1. The summed E-state index contributed by atoms with van der Waals surface area (Å²) in [6, 6.07) is 0. The molecule has 0 N–H and O–H groups in total. The molecule has 1 aromatic heterocycles. The van der Waals surface area contributed by atoms with Crippen LogP contribution < -0.4 is 0 Å². The number of ketones is 1. The van der Waals surface area contributed by atoms with Crippen molar-refractivity contribution in [2.75, 3.05) is 19.3 Å². The number of nitrogens with zero attached hydrogens (tertiary/aromatic N) is 3. The van der Waals surface area contributed by atoms with Gasteiger partial charge in [0, 0.05) is 25.3 Å². The normalized spacial score (nSPS) is 20.7. The number of aromatic nitrogens is 2. The quantitative estimate of drug-likeness (QED) is 0.787. The summed E-state index contributed by atoms with van der Waals surface area (Å²) in [6.45, 7) is 7.08. The minimum Gasteiger partial charge on any atom is -0.294 e.